The van der Waals surface area contributed by atoms with E-state index < -0.39 is 12.1 Å². The van der Waals surface area contributed by atoms with Crippen molar-refractivity contribution in [3.63, 3.8) is 0 Å². The lowest BCUT2D eigenvalue weighted by Gasteiger charge is -2.18. The Kier molecular flexibility index (Phi) is 9.84. The van der Waals surface area contributed by atoms with Crippen LogP contribution in [0.3, 0.4) is 0 Å². The molecule has 0 atom stereocenters. The molecular weight excluding hydrogens is 504 g/mol. The summed E-state index contributed by atoms with van der Waals surface area (Å²) in [5, 5.41) is 34.8. The minimum atomic E-state index is -1.14. The van der Waals surface area contributed by atoms with Gasteiger partial charge in [-0.2, -0.15) is 10.5 Å². The fraction of sp³-hybridized carbons (Fsp3) is 0.156. The van der Waals surface area contributed by atoms with Crippen molar-refractivity contribution in [2.45, 2.75) is 32.5 Å². The zero-order chi connectivity index (χ0) is 28.2. The van der Waals surface area contributed by atoms with Gasteiger partial charge in [-0.15, -0.1) is 0 Å². The number of carboxylic acids is 1. The van der Waals surface area contributed by atoms with Gasteiger partial charge in [0.25, 0.3) is 0 Å². The lowest BCUT2D eigenvalue weighted by atomic mass is 10.1. The quantitative estimate of drug-likeness (QED) is 0.208. The molecule has 40 heavy (non-hydrogen) atoms. The molecular formula is C32H28N4O4. The highest BCUT2D eigenvalue weighted by Crippen LogP contribution is 2.21. The number of nitriles is 2. The summed E-state index contributed by atoms with van der Waals surface area (Å²) >= 11 is 0. The molecule has 3 N–H and O–H groups in total. The van der Waals surface area contributed by atoms with Crippen LogP contribution >= 0.6 is 0 Å². The van der Waals surface area contributed by atoms with Gasteiger partial charge in [0.1, 0.15) is 24.7 Å². The van der Waals surface area contributed by atoms with E-state index in [4.69, 9.17) is 9.47 Å². The Balaban J connectivity index is 1.39. The predicted octanol–water partition coefficient (Wildman–Crippen LogP) is 4.88. The van der Waals surface area contributed by atoms with Crippen LogP contribution in [0.5, 0.6) is 11.5 Å². The number of ether oxygens (including phenoxy) is 2. The lowest BCUT2D eigenvalue weighted by Crippen LogP contribution is -2.47. The van der Waals surface area contributed by atoms with Crippen LogP contribution in [0, 0.1) is 22.7 Å². The summed E-state index contributed by atoms with van der Waals surface area (Å²) in [6.45, 7) is 0.962. The zero-order valence-corrected chi connectivity index (χ0v) is 21.7. The second-order valence-electron chi connectivity index (χ2n) is 8.94. The second-order valence-corrected chi connectivity index (χ2v) is 8.94. The number of hydrogen-bond acceptors (Lipinski definition) is 7. The van der Waals surface area contributed by atoms with E-state index in [2.05, 4.69) is 22.8 Å². The van der Waals surface area contributed by atoms with Crippen molar-refractivity contribution in [1.82, 2.24) is 10.6 Å². The number of carbonyl (C=O) groups is 1. The molecule has 0 radical (unpaired) electrons. The molecule has 0 saturated heterocycles. The summed E-state index contributed by atoms with van der Waals surface area (Å²) in [7, 11) is 0. The van der Waals surface area contributed by atoms with Crippen LogP contribution < -0.4 is 20.1 Å². The summed E-state index contributed by atoms with van der Waals surface area (Å²) in [5.41, 5.74) is 4.06. The van der Waals surface area contributed by atoms with Gasteiger partial charge in [0, 0.05) is 13.1 Å². The van der Waals surface area contributed by atoms with Crippen molar-refractivity contribution < 1.29 is 19.4 Å². The maximum absolute atomic E-state index is 12.0. The molecule has 0 fully saturated rings. The van der Waals surface area contributed by atoms with Crippen molar-refractivity contribution in [2.75, 3.05) is 0 Å². The maximum Gasteiger partial charge on any atom is 0.335 e. The van der Waals surface area contributed by atoms with Crippen molar-refractivity contribution in [3.05, 3.63) is 130 Å². The van der Waals surface area contributed by atoms with Gasteiger partial charge in [0.2, 0.25) is 0 Å². The second kappa shape index (κ2) is 14.1. The number of benzene rings is 4. The molecule has 4 aromatic carbocycles. The number of aliphatic carboxylic acids is 1. The van der Waals surface area contributed by atoms with E-state index in [0.717, 1.165) is 11.1 Å². The molecule has 0 aliphatic heterocycles. The topological polar surface area (TPSA) is 127 Å². The molecule has 8 heteroatoms. The molecule has 0 aliphatic rings. The molecule has 0 saturated carbocycles. The highest BCUT2D eigenvalue weighted by Gasteiger charge is 2.18. The molecule has 0 unspecified atom stereocenters. The first-order chi connectivity index (χ1) is 19.6. The van der Waals surface area contributed by atoms with Gasteiger partial charge in [-0.1, -0.05) is 60.7 Å². The van der Waals surface area contributed by atoms with Crippen LogP contribution in [0.4, 0.5) is 0 Å². The molecule has 4 aromatic rings. The zero-order valence-electron chi connectivity index (χ0n) is 21.7. The van der Waals surface area contributed by atoms with Gasteiger partial charge in [-0.05, 0) is 58.7 Å². The number of rotatable bonds is 13. The van der Waals surface area contributed by atoms with E-state index in [1.807, 2.05) is 60.7 Å². The average Bonchev–Trinajstić information content (AvgIpc) is 3.00. The predicted molar refractivity (Wildman–Crippen MR) is 149 cm³/mol. The highest BCUT2D eigenvalue weighted by molar-refractivity contribution is 5.73. The minimum Gasteiger partial charge on any atom is -0.489 e. The molecule has 4 rings (SSSR count). The maximum atomic E-state index is 12.0. The monoisotopic (exact) mass is 532 g/mol. The number of nitrogens with one attached hydrogen (secondary N) is 2. The summed E-state index contributed by atoms with van der Waals surface area (Å²) < 4.78 is 11.7. The molecule has 200 valence electrons. The molecule has 0 amide bonds. The normalized spacial score (nSPS) is 10.5. The third kappa shape index (κ3) is 7.92. The Morgan fingerprint density at radius 1 is 0.700 bits per heavy atom. The average molecular weight is 533 g/mol. The van der Waals surface area contributed by atoms with Gasteiger partial charge in [0.05, 0.1) is 23.3 Å². The summed E-state index contributed by atoms with van der Waals surface area (Å²) in [5.74, 6) is 0.0286. The van der Waals surface area contributed by atoms with E-state index in [-0.39, 0.29) is 13.1 Å². The lowest BCUT2D eigenvalue weighted by molar-refractivity contribution is -0.140. The Hall–Kier alpha value is -5.15. The van der Waals surface area contributed by atoms with Gasteiger partial charge in [-0.3, -0.25) is 10.6 Å². The standard InChI is InChI=1S/C32H28N4O4/c33-17-25-11-13-29(39-21-23-7-3-1-4-8-23)15-27(25)19-35-31(32(37)38)36-20-28-16-30(14-12-26(28)18-34)40-22-24-9-5-2-6-10-24/h1-16,31,35-36H,19-22H2,(H,37,38). The Bertz CT molecular complexity index is 1400. The molecule has 0 aliphatic carbocycles. The number of nitrogens with zero attached hydrogens (tertiary/aromatic N) is 2. The third-order valence-electron chi connectivity index (χ3n) is 6.13. The van der Waals surface area contributed by atoms with Crippen LogP contribution in [-0.4, -0.2) is 17.2 Å². The van der Waals surface area contributed by atoms with Crippen LogP contribution in [0.1, 0.15) is 33.4 Å². The highest BCUT2D eigenvalue weighted by atomic mass is 16.5. The summed E-state index contributed by atoms with van der Waals surface area (Å²) in [4.78, 5) is 12.0. The molecule has 0 spiro atoms. The first-order valence-electron chi connectivity index (χ1n) is 12.6. The van der Waals surface area contributed by atoms with Crippen LogP contribution in [-0.2, 0) is 31.1 Å². The van der Waals surface area contributed by atoms with E-state index in [9.17, 15) is 20.4 Å². The molecule has 8 nitrogen and oxygen atoms in total. The number of hydrogen-bond donors (Lipinski definition) is 3. The first-order valence-corrected chi connectivity index (χ1v) is 12.6. The van der Waals surface area contributed by atoms with Gasteiger partial charge in [-0.25, -0.2) is 4.79 Å². The van der Waals surface area contributed by atoms with Gasteiger partial charge < -0.3 is 14.6 Å². The fourth-order valence-electron chi connectivity index (χ4n) is 3.98. The smallest absolute Gasteiger partial charge is 0.335 e. The van der Waals surface area contributed by atoms with Crippen LogP contribution in [0.2, 0.25) is 0 Å². The summed E-state index contributed by atoms with van der Waals surface area (Å²) in [6.07, 6.45) is -1.14. The van der Waals surface area contributed by atoms with E-state index >= 15 is 0 Å². The van der Waals surface area contributed by atoms with E-state index in [1.54, 1.807) is 36.4 Å². The fourth-order valence-corrected chi connectivity index (χ4v) is 3.98. The number of carboxylic acid groups (broad SMARTS) is 1. The summed E-state index contributed by atoms with van der Waals surface area (Å²) in [6, 6.07) is 33.9. The van der Waals surface area contributed by atoms with Crippen molar-refractivity contribution in [2.24, 2.45) is 0 Å². The SMILES string of the molecule is N#Cc1ccc(OCc2ccccc2)cc1CNC(NCc1cc(OCc2ccccc2)ccc1C#N)C(=O)O. The minimum absolute atomic E-state index is 0.112. The van der Waals surface area contributed by atoms with Crippen molar-refractivity contribution in [1.29, 1.82) is 10.5 Å². The Morgan fingerprint density at radius 2 is 1.12 bits per heavy atom. The third-order valence-corrected chi connectivity index (χ3v) is 6.13. The van der Waals surface area contributed by atoms with Gasteiger partial charge in [0.15, 0.2) is 6.17 Å². The molecule has 0 aromatic heterocycles. The Morgan fingerprint density at radius 3 is 1.50 bits per heavy atom. The first kappa shape index (κ1) is 27.9. The molecule has 0 heterocycles. The van der Waals surface area contributed by atoms with Crippen molar-refractivity contribution >= 4 is 5.97 Å². The van der Waals surface area contributed by atoms with E-state index in [0.29, 0.717) is 47.0 Å². The largest absolute Gasteiger partial charge is 0.489 e. The van der Waals surface area contributed by atoms with Crippen LogP contribution in [0.25, 0.3) is 0 Å². The van der Waals surface area contributed by atoms with Crippen LogP contribution in [0.15, 0.2) is 97.1 Å². The van der Waals surface area contributed by atoms with Gasteiger partial charge >= 0.3 is 5.97 Å². The molecule has 0 bridgehead atoms. The van der Waals surface area contributed by atoms with Crippen molar-refractivity contribution in [3.8, 4) is 23.6 Å². The van der Waals surface area contributed by atoms with E-state index in [1.165, 1.54) is 0 Å². The Labute approximate surface area is 233 Å².